The maximum absolute atomic E-state index is 13.4. The van der Waals surface area contributed by atoms with Crippen LogP contribution in [-0.4, -0.2) is 28.3 Å². The van der Waals surface area contributed by atoms with Crippen LogP contribution < -0.4 is 22.1 Å². The maximum atomic E-state index is 13.4. The molecule has 1 unspecified atom stereocenters. The number of aromatic nitrogens is 2. The number of amides is 1. The second-order valence-corrected chi connectivity index (χ2v) is 5.75. The van der Waals surface area contributed by atoms with Gasteiger partial charge in [0.1, 0.15) is 0 Å². The van der Waals surface area contributed by atoms with E-state index < -0.39 is 35.2 Å². The summed E-state index contributed by atoms with van der Waals surface area (Å²) < 4.78 is 53.2. The summed E-state index contributed by atoms with van der Waals surface area (Å²) in [4.78, 5) is 18.3. The molecule has 7 nitrogen and oxygen atoms in total. The van der Waals surface area contributed by atoms with Gasteiger partial charge in [-0.3, -0.25) is 4.79 Å². The quantitative estimate of drug-likeness (QED) is 0.414. The molecule has 146 valence electrons. The summed E-state index contributed by atoms with van der Waals surface area (Å²) in [6.07, 6.45) is -3.90. The Labute approximate surface area is 156 Å². The molecule has 1 aromatic heterocycles. The molecule has 0 radical (unpaired) electrons. The highest BCUT2D eigenvalue weighted by Crippen LogP contribution is 2.37. The number of hydrogen-bond acceptors (Lipinski definition) is 6. The molecule has 12 heteroatoms. The lowest BCUT2D eigenvalue weighted by Crippen LogP contribution is -2.31. The third kappa shape index (κ3) is 5.33. The summed E-state index contributed by atoms with van der Waals surface area (Å²) in [7, 11) is 0. The van der Waals surface area contributed by atoms with Gasteiger partial charge >= 0.3 is 6.18 Å². The van der Waals surface area contributed by atoms with Crippen molar-refractivity contribution in [1.29, 1.82) is 0 Å². The summed E-state index contributed by atoms with van der Waals surface area (Å²) in [5.74, 6) is -3.15. The van der Waals surface area contributed by atoms with Gasteiger partial charge in [0.05, 0.1) is 17.7 Å². The van der Waals surface area contributed by atoms with Gasteiger partial charge in [0.25, 0.3) is 0 Å². The molecule has 0 aliphatic carbocycles. The van der Waals surface area contributed by atoms with Gasteiger partial charge in [0, 0.05) is 23.8 Å². The summed E-state index contributed by atoms with van der Waals surface area (Å²) in [5.41, 5.74) is 9.16. The Morgan fingerprint density at radius 3 is 2.59 bits per heavy atom. The Balaban J connectivity index is 2.27. The number of nitrogens with one attached hydrogen (secondary N) is 2. The first-order valence-electron chi connectivity index (χ1n) is 7.47. The minimum absolute atomic E-state index is 0.00248. The number of nitrogens with two attached hydrogens (primary N) is 2. The second kappa shape index (κ2) is 8.25. The Morgan fingerprint density at radius 1 is 1.33 bits per heavy atom. The second-order valence-electron chi connectivity index (χ2n) is 5.44. The highest BCUT2D eigenvalue weighted by Gasteiger charge is 2.34. The lowest BCUT2D eigenvalue weighted by molar-refractivity contribution is -0.136. The van der Waals surface area contributed by atoms with E-state index in [9.17, 15) is 22.4 Å². The molecule has 0 fully saturated rings. The number of carbonyl (C=O) groups excluding carboxylic acids is 1. The van der Waals surface area contributed by atoms with Crippen LogP contribution in [0.4, 0.5) is 40.7 Å². The molecule has 0 bridgehead atoms. The number of alkyl halides is 4. The summed E-state index contributed by atoms with van der Waals surface area (Å²) >= 11 is 5.57. The lowest BCUT2D eigenvalue weighted by Gasteiger charge is -2.18. The smallest absolute Gasteiger partial charge is 0.384 e. The molecule has 1 amide bonds. The van der Waals surface area contributed by atoms with Crippen LogP contribution in [-0.2, 0) is 11.0 Å². The zero-order valence-corrected chi connectivity index (χ0v) is 14.4. The molecule has 1 atom stereocenters. The first-order valence-corrected chi connectivity index (χ1v) is 8.00. The summed E-state index contributed by atoms with van der Waals surface area (Å²) in [6.45, 7) is -0.160. The number of anilines is 4. The molecule has 27 heavy (non-hydrogen) atoms. The predicted molar refractivity (Wildman–Crippen MR) is 93.0 cm³/mol. The Hall–Kier alpha value is -2.82. The van der Waals surface area contributed by atoms with E-state index in [0.29, 0.717) is 0 Å². The van der Waals surface area contributed by atoms with Crippen LogP contribution in [0.3, 0.4) is 0 Å². The fourth-order valence-electron chi connectivity index (χ4n) is 2.04. The molecule has 1 aromatic carbocycles. The predicted octanol–water partition coefficient (Wildman–Crippen LogP) is 2.71. The van der Waals surface area contributed by atoms with Crippen molar-refractivity contribution in [2.75, 3.05) is 28.8 Å². The number of nitrogen functional groups attached to an aromatic ring is 1. The van der Waals surface area contributed by atoms with Gasteiger partial charge in [-0.2, -0.15) is 18.2 Å². The van der Waals surface area contributed by atoms with E-state index in [1.165, 1.54) is 6.07 Å². The van der Waals surface area contributed by atoms with E-state index in [-0.39, 0.29) is 29.7 Å². The van der Waals surface area contributed by atoms with E-state index in [1.54, 1.807) is 0 Å². The van der Waals surface area contributed by atoms with Gasteiger partial charge in [-0.15, -0.1) is 11.6 Å². The van der Waals surface area contributed by atoms with Crippen LogP contribution in [0.15, 0.2) is 24.4 Å². The number of hydrogen-bond donors (Lipinski definition) is 4. The molecule has 2 rings (SSSR count). The summed E-state index contributed by atoms with van der Waals surface area (Å²) in [5, 5.41) is 5.04. The average molecular weight is 407 g/mol. The van der Waals surface area contributed by atoms with Gasteiger partial charge in [-0.1, -0.05) is 0 Å². The van der Waals surface area contributed by atoms with Gasteiger partial charge in [0.2, 0.25) is 11.9 Å². The molecule has 2 aromatic rings. The van der Waals surface area contributed by atoms with E-state index >= 15 is 0 Å². The highest BCUT2D eigenvalue weighted by atomic mass is 35.5. The summed E-state index contributed by atoms with van der Waals surface area (Å²) in [6, 6.07) is 3.29. The molecule has 1 heterocycles. The van der Waals surface area contributed by atoms with Crippen molar-refractivity contribution >= 4 is 40.6 Å². The standard InChI is InChI=1S/C15H15ClF4N6O/c16-4-7(13(22)27)5-23-11-2-1-8(3-9(11)15(18,19)20)25-14-24-6-10(17)12(21)26-14/h1-3,6-7,23H,4-5H2,(H2,22,27)(H3,21,24,25,26). The number of rotatable bonds is 7. The lowest BCUT2D eigenvalue weighted by atomic mass is 10.1. The Morgan fingerprint density at radius 2 is 2.04 bits per heavy atom. The fourth-order valence-corrected chi connectivity index (χ4v) is 2.31. The Bertz CT molecular complexity index is 832. The third-order valence-electron chi connectivity index (χ3n) is 3.48. The van der Waals surface area contributed by atoms with E-state index in [2.05, 4.69) is 20.6 Å². The third-order valence-corrected chi connectivity index (χ3v) is 3.85. The van der Waals surface area contributed by atoms with Crippen LogP contribution in [0.1, 0.15) is 5.56 Å². The van der Waals surface area contributed by atoms with Crippen LogP contribution in [0.25, 0.3) is 0 Å². The number of nitrogens with zero attached hydrogens (tertiary/aromatic N) is 2. The number of primary amides is 1. The van der Waals surface area contributed by atoms with Crippen molar-refractivity contribution in [2.45, 2.75) is 6.18 Å². The van der Waals surface area contributed by atoms with E-state index in [1.807, 2.05) is 0 Å². The average Bonchev–Trinajstić information content (AvgIpc) is 2.58. The van der Waals surface area contributed by atoms with Crippen molar-refractivity contribution in [3.8, 4) is 0 Å². The van der Waals surface area contributed by atoms with Crippen LogP contribution >= 0.6 is 11.6 Å². The first-order chi connectivity index (χ1) is 12.6. The first kappa shape index (κ1) is 20.5. The van der Waals surface area contributed by atoms with Crippen molar-refractivity contribution in [1.82, 2.24) is 9.97 Å². The monoisotopic (exact) mass is 406 g/mol. The van der Waals surface area contributed by atoms with Crippen molar-refractivity contribution in [3.63, 3.8) is 0 Å². The zero-order chi connectivity index (χ0) is 20.2. The number of benzene rings is 1. The number of carbonyl (C=O) groups is 1. The topological polar surface area (TPSA) is 119 Å². The van der Waals surface area contributed by atoms with Crippen LogP contribution in [0.2, 0.25) is 0 Å². The van der Waals surface area contributed by atoms with E-state index in [4.69, 9.17) is 23.1 Å². The largest absolute Gasteiger partial charge is 0.418 e. The van der Waals surface area contributed by atoms with E-state index in [0.717, 1.165) is 18.3 Å². The fraction of sp³-hybridized carbons (Fsp3) is 0.267. The van der Waals surface area contributed by atoms with Gasteiger partial charge < -0.3 is 22.1 Å². The molecule has 0 saturated carbocycles. The van der Waals surface area contributed by atoms with Gasteiger partial charge in [-0.25, -0.2) is 9.37 Å². The van der Waals surface area contributed by atoms with Crippen molar-refractivity contribution < 1.29 is 22.4 Å². The molecule has 0 saturated heterocycles. The molecule has 0 spiro atoms. The maximum Gasteiger partial charge on any atom is 0.418 e. The normalized spacial score (nSPS) is 12.5. The molecule has 0 aliphatic rings. The van der Waals surface area contributed by atoms with Crippen LogP contribution in [0.5, 0.6) is 0 Å². The minimum Gasteiger partial charge on any atom is -0.384 e. The van der Waals surface area contributed by atoms with Gasteiger partial charge in [0.15, 0.2) is 11.6 Å². The van der Waals surface area contributed by atoms with Crippen molar-refractivity contribution in [2.24, 2.45) is 11.7 Å². The van der Waals surface area contributed by atoms with Crippen molar-refractivity contribution in [3.05, 3.63) is 35.8 Å². The SMILES string of the molecule is NC(=O)C(CCl)CNc1ccc(Nc2ncc(F)c(N)n2)cc1C(F)(F)F. The zero-order valence-electron chi connectivity index (χ0n) is 13.6. The molecule has 0 aliphatic heterocycles. The molecule has 6 N–H and O–H groups in total. The highest BCUT2D eigenvalue weighted by molar-refractivity contribution is 6.19. The molecular formula is C15H15ClF4N6O. The number of halogens is 5. The molecular weight excluding hydrogens is 392 g/mol. The van der Waals surface area contributed by atoms with Gasteiger partial charge in [-0.05, 0) is 18.2 Å². The Kier molecular flexibility index (Phi) is 6.26. The minimum atomic E-state index is -4.69. The van der Waals surface area contributed by atoms with Crippen LogP contribution in [0, 0.1) is 11.7 Å².